The lowest BCUT2D eigenvalue weighted by molar-refractivity contribution is 0.543. The van der Waals surface area contributed by atoms with Crippen LogP contribution >= 0.6 is 0 Å². The number of hydrogen-bond acceptors (Lipinski definition) is 1. The van der Waals surface area contributed by atoms with E-state index in [1.165, 1.54) is 83.6 Å². The Morgan fingerprint density at radius 1 is 0.611 bits per heavy atom. The number of nitrogens with one attached hydrogen (secondary N) is 1. The van der Waals surface area contributed by atoms with E-state index in [0.717, 1.165) is 0 Å². The molecule has 110 valence electrons. The van der Waals surface area contributed by atoms with Gasteiger partial charge in [-0.15, -0.1) is 0 Å². The molecule has 0 amide bonds. The zero-order valence-electron chi connectivity index (χ0n) is 13.3. The van der Waals surface area contributed by atoms with E-state index in [0.29, 0.717) is 0 Å². The lowest BCUT2D eigenvalue weighted by Crippen LogP contribution is -2.27. The molecule has 0 rings (SSSR count). The molecule has 0 aliphatic heterocycles. The van der Waals surface area contributed by atoms with Crippen LogP contribution in [0.15, 0.2) is 0 Å². The zero-order chi connectivity index (χ0) is 13.5. The summed E-state index contributed by atoms with van der Waals surface area (Å²) in [5.74, 6) is 0. The van der Waals surface area contributed by atoms with E-state index in [2.05, 4.69) is 25.0 Å². The van der Waals surface area contributed by atoms with E-state index in [9.17, 15) is 0 Å². The molecule has 0 saturated carbocycles. The highest BCUT2D eigenvalue weighted by molar-refractivity contribution is 6.52. The molecular weight excluding hydrogens is 234 g/mol. The Morgan fingerprint density at radius 3 is 1.39 bits per heavy atom. The summed E-state index contributed by atoms with van der Waals surface area (Å²) >= 11 is 0. The van der Waals surface area contributed by atoms with Gasteiger partial charge in [-0.3, -0.25) is 0 Å². The van der Waals surface area contributed by atoms with Gasteiger partial charge in [0.15, 0.2) is 0 Å². The van der Waals surface area contributed by atoms with Crippen LogP contribution in [0.1, 0.15) is 84.0 Å². The highest BCUT2D eigenvalue weighted by atomic mass is 28.3. The third kappa shape index (κ3) is 16.2. The van der Waals surface area contributed by atoms with Crippen LogP contribution in [0.3, 0.4) is 0 Å². The summed E-state index contributed by atoms with van der Waals surface area (Å²) in [6, 6.07) is 0. The van der Waals surface area contributed by atoms with Gasteiger partial charge in [0.2, 0.25) is 0 Å². The van der Waals surface area contributed by atoms with Crippen molar-refractivity contribution in [1.29, 1.82) is 0 Å². The summed E-state index contributed by atoms with van der Waals surface area (Å²) in [5, 5.41) is 0. The van der Waals surface area contributed by atoms with Crippen molar-refractivity contribution in [2.45, 2.75) is 97.1 Å². The molecule has 0 aromatic rings. The summed E-state index contributed by atoms with van der Waals surface area (Å²) in [7, 11) is -0.507. The first-order valence-electron chi connectivity index (χ1n) is 8.50. The third-order valence-corrected chi connectivity index (χ3v) is 4.69. The smallest absolute Gasteiger partial charge is 0.102 e. The van der Waals surface area contributed by atoms with Crippen LogP contribution in [0.4, 0.5) is 0 Å². The quantitative estimate of drug-likeness (QED) is 0.336. The van der Waals surface area contributed by atoms with Gasteiger partial charge in [0.25, 0.3) is 0 Å². The van der Waals surface area contributed by atoms with Crippen LogP contribution < -0.4 is 4.98 Å². The van der Waals surface area contributed by atoms with Gasteiger partial charge in [-0.25, -0.2) is 0 Å². The lowest BCUT2D eigenvalue weighted by Gasteiger charge is -2.06. The minimum absolute atomic E-state index is 0.507. The molecule has 0 aliphatic carbocycles. The van der Waals surface area contributed by atoms with E-state index in [1.54, 1.807) is 0 Å². The third-order valence-electron chi connectivity index (χ3n) is 3.58. The molecule has 0 aromatic carbocycles. The van der Waals surface area contributed by atoms with Crippen molar-refractivity contribution in [2.75, 3.05) is 6.54 Å². The first-order valence-corrected chi connectivity index (χ1v) is 11.4. The number of unbranched alkanes of at least 4 members (excludes halogenated alkanes) is 11. The van der Waals surface area contributed by atoms with Gasteiger partial charge < -0.3 is 4.98 Å². The second-order valence-corrected chi connectivity index (χ2v) is 8.72. The summed E-state index contributed by atoms with van der Waals surface area (Å²) in [6.45, 7) is 8.28. The molecule has 18 heavy (non-hydrogen) atoms. The van der Waals surface area contributed by atoms with Crippen molar-refractivity contribution in [3.63, 3.8) is 0 Å². The molecule has 0 saturated heterocycles. The molecular formula is C16H37NSi. The summed E-state index contributed by atoms with van der Waals surface area (Å²) < 4.78 is 0. The molecule has 0 atom stereocenters. The fourth-order valence-corrected chi connectivity index (χ4v) is 3.14. The van der Waals surface area contributed by atoms with Gasteiger partial charge in [0.05, 0.1) is 0 Å². The first kappa shape index (κ1) is 18.2. The number of hydrogen-bond donors (Lipinski definition) is 1. The molecule has 1 N–H and O–H groups in total. The first-order chi connectivity index (χ1) is 8.77. The van der Waals surface area contributed by atoms with Crippen molar-refractivity contribution in [2.24, 2.45) is 0 Å². The maximum atomic E-state index is 3.62. The highest BCUT2D eigenvalue weighted by Gasteiger charge is 1.95. The Kier molecular flexibility index (Phi) is 15.4. The molecule has 0 aromatic heterocycles. The van der Waals surface area contributed by atoms with Crippen LogP contribution in [0.5, 0.6) is 0 Å². The Hall–Kier alpha value is 0.177. The minimum atomic E-state index is -0.507. The maximum absolute atomic E-state index is 3.62. The monoisotopic (exact) mass is 271 g/mol. The van der Waals surface area contributed by atoms with Crippen LogP contribution in [0, 0.1) is 0 Å². The summed E-state index contributed by atoms with van der Waals surface area (Å²) in [6.07, 6.45) is 17.4. The van der Waals surface area contributed by atoms with E-state index < -0.39 is 8.96 Å². The van der Waals surface area contributed by atoms with Gasteiger partial charge in [0.1, 0.15) is 8.96 Å². The minimum Gasteiger partial charge on any atom is -0.340 e. The second kappa shape index (κ2) is 15.2. The van der Waals surface area contributed by atoms with Crippen LogP contribution in [0.25, 0.3) is 0 Å². The van der Waals surface area contributed by atoms with E-state index >= 15 is 0 Å². The average molecular weight is 272 g/mol. The van der Waals surface area contributed by atoms with Gasteiger partial charge in [-0.2, -0.15) is 0 Å². The fourth-order valence-electron chi connectivity index (χ4n) is 2.36. The van der Waals surface area contributed by atoms with Crippen molar-refractivity contribution >= 4 is 8.96 Å². The summed E-state index contributed by atoms with van der Waals surface area (Å²) in [4.78, 5) is 3.62. The molecule has 0 fully saturated rings. The Bertz CT molecular complexity index is 148. The van der Waals surface area contributed by atoms with Crippen LogP contribution in [-0.4, -0.2) is 15.5 Å². The molecule has 0 bridgehead atoms. The van der Waals surface area contributed by atoms with Crippen LogP contribution in [0.2, 0.25) is 13.1 Å². The average Bonchev–Trinajstić information content (AvgIpc) is 2.34. The van der Waals surface area contributed by atoms with E-state index in [1.807, 2.05) is 0 Å². The maximum Gasteiger partial charge on any atom is 0.102 e. The lowest BCUT2D eigenvalue weighted by atomic mass is 10.1. The standard InChI is InChI=1S/C16H37NSi/c1-4-5-6-7-8-9-10-11-12-13-14-15-16-17-18(2)3/h17-18H,4-16H2,1-3H3. The summed E-state index contributed by atoms with van der Waals surface area (Å²) in [5.41, 5.74) is 0. The van der Waals surface area contributed by atoms with Gasteiger partial charge in [0, 0.05) is 0 Å². The molecule has 2 heteroatoms. The van der Waals surface area contributed by atoms with E-state index in [-0.39, 0.29) is 0 Å². The molecule has 0 spiro atoms. The molecule has 0 radical (unpaired) electrons. The van der Waals surface area contributed by atoms with Crippen molar-refractivity contribution < 1.29 is 0 Å². The zero-order valence-corrected chi connectivity index (χ0v) is 14.4. The Balaban J connectivity index is 2.90. The largest absolute Gasteiger partial charge is 0.340 e. The fraction of sp³-hybridized carbons (Fsp3) is 1.00. The normalized spacial score (nSPS) is 11.3. The molecule has 1 nitrogen and oxygen atoms in total. The second-order valence-electron chi connectivity index (χ2n) is 6.00. The Labute approximate surface area is 118 Å². The van der Waals surface area contributed by atoms with Crippen molar-refractivity contribution in [1.82, 2.24) is 4.98 Å². The highest BCUT2D eigenvalue weighted by Crippen LogP contribution is 2.11. The molecule has 0 aliphatic rings. The van der Waals surface area contributed by atoms with Gasteiger partial charge in [-0.05, 0) is 13.0 Å². The van der Waals surface area contributed by atoms with Gasteiger partial charge in [-0.1, -0.05) is 90.6 Å². The molecule has 0 unspecified atom stereocenters. The predicted octanol–water partition coefficient (Wildman–Crippen LogP) is 5.26. The van der Waals surface area contributed by atoms with Crippen molar-refractivity contribution in [3.05, 3.63) is 0 Å². The van der Waals surface area contributed by atoms with Gasteiger partial charge >= 0.3 is 0 Å². The SMILES string of the molecule is CCCCCCCCCCCCCCN[SiH](C)C. The van der Waals surface area contributed by atoms with Crippen molar-refractivity contribution in [3.8, 4) is 0 Å². The van der Waals surface area contributed by atoms with Crippen LogP contribution in [-0.2, 0) is 0 Å². The topological polar surface area (TPSA) is 12.0 Å². The van der Waals surface area contributed by atoms with E-state index in [4.69, 9.17) is 0 Å². The Morgan fingerprint density at radius 2 is 1.00 bits per heavy atom. The molecule has 0 heterocycles. The predicted molar refractivity (Wildman–Crippen MR) is 88.0 cm³/mol. The number of rotatable bonds is 14.